The smallest absolute Gasteiger partial charge is 0.323 e. The first-order valence-electron chi connectivity index (χ1n) is 6.61. The molecule has 7 nitrogen and oxygen atoms in total. The standard InChI is InChI=1S/C15H12N2O5S2/c1-21-11-6-9(2-3-10(11)22-5-4-16)7-12-14(20)17(8-13(18)19)15(23)24-12/h2-3,6-7H,5,8H2,1H3,(H,18,19)/b12-7+. The molecule has 1 aromatic rings. The van der Waals surface area contributed by atoms with Gasteiger partial charge in [0, 0.05) is 0 Å². The van der Waals surface area contributed by atoms with E-state index in [1.807, 2.05) is 6.07 Å². The summed E-state index contributed by atoms with van der Waals surface area (Å²) < 4.78 is 10.6. The molecule has 1 N–H and O–H groups in total. The number of aliphatic carboxylic acids is 1. The van der Waals surface area contributed by atoms with Crippen LogP contribution < -0.4 is 9.47 Å². The van der Waals surface area contributed by atoms with E-state index in [9.17, 15) is 9.59 Å². The minimum absolute atomic E-state index is 0.108. The van der Waals surface area contributed by atoms with Gasteiger partial charge >= 0.3 is 5.97 Å². The lowest BCUT2D eigenvalue weighted by Gasteiger charge is -2.10. The predicted octanol–water partition coefficient (Wildman–Crippen LogP) is 1.88. The lowest BCUT2D eigenvalue weighted by molar-refractivity contribution is -0.140. The van der Waals surface area contributed by atoms with Crippen molar-refractivity contribution in [2.45, 2.75) is 0 Å². The van der Waals surface area contributed by atoms with E-state index in [0.29, 0.717) is 22.0 Å². The van der Waals surface area contributed by atoms with Crippen molar-refractivity contribution >= 4 is 46.3 Å². The third-order valence-corrected chi connectivity index (χ3v) is 4.32. The molecule has 0 aromatic heterocycles. The Morgan fingerprint density at radius 1 is 1.50 bits per heavy atom. The Labute approximate surface area is 147 Å². The molecule has 1 heterocycles. The molecule has 0 saturated carbocycles. The summed E-state index contributed by atoms with van der Waals surface area (Å²) in [5.74, 6) is -0.751. The summed E-state index contributed by atoms with van der Waals surface area (Å²) in [7, 11) is 1.46. The van der Waals surface area contributed by atoms with Gasteiger partial charge < -0.3 is 14.6 Å². The van der Waals surface area contributed by atoms with Gasteiger partial charge in [-0.2, -0.15) is 5.26 Å². The first-order valence-corrected chi connectivity index (χ1v) is 7.83. The number of thioether (sulfide) groups is 1. The van der Waals surface area contributed by atoms with Crippen LogP contribution in [-0.2, 0) is 9.59 Å². The Bertz CT molecular complexity index is 770. The highest BCUT2D eigenvalue weighted by Crippen LogP contribution is 2.34. The van der Waals surface area contributed by atoms with Crippen molar-refractivity contribution in [2.75, 3.05) is 20.3 Å². The normalized spacial score (nSPS) is 15.5. The van der Waals surface area contributed by atoms with E-state index < -0.39 is 18.4 Å². The number of carboxylic acid groups (broad SMARTS) is 1. The summed E-state index contributed by atoms with van der Waals surface area (Å²) in [5.41, 5.74) is 0.659. The van der Waals surface area contributed by atoms with Gasteiger partial charge in [0.15, 0.2) is 18.1 Å². The Balaban J connectivity index is 2.25. The highest BCUT2D eigenvalue weighted by Gasteiger charge is 2.33. The molecule has 1 amide bonds. The van der Waals surface area contributed by atoms with Crippen molar-refractivity contribution in [1.82, 2.24) is 4.90 Å². The molecule has 0 spiro atoms. The molecule has 24 heavy (non-hydrogen) atoms. The van der Waals surface area contributed by atoms with E-state index in [2.05, 4.69) is 0 Å². The molecule has 0 radical (unpaired) electrons. The molecule has 2 rings (SSSR count). The van der Waals surface area contributed by atoms with E-state index in [1.54, 1.807) is 24.3 Å². The number of amides is 1. The second-order valence-electron chi connectivity index (χ2n) is 4.52. The quantitative estimate of drug-likeness (QED) is 0.603. The molecule has 1 saturated heterocycles. The number of hydrogen-bond acceptors (Lipinski definition) is 7. The maximum absolute atomic E-state index is 12.2. The van der Waals surface area contributed by atoms with Crippen LogP contribution in [0.4, 0.5) is 0 Å². The molecule has 124 valence electrons. The largest absolute Gasteiger partial charge is 0.493 e. The minimum Gasteiger partial charge on any atom is -0.493 e. The van der Waals surface area contributed by atoms with E-state index in [4.69, 9.17) is 32.1 Å². The Morgan fingerprint density at radius 3 is 2.88 bits per heavy atom. The Hall–Kier alpha value is -2.57. The highest BCUT2D eigenvalue weighted by atomic mass is 32.2. The van der Waals surface area contributed by atoms with Gasteiger partial charge in [-0.3, -0.25) is 14.5 Å². The highest BCUT2D eigenvalue weighted by molar-refractivity contribution is 8.26. The van der Waals surface area contributed by atoms with Crippen LogP contribution in [0.15, 0.2) is 23.1 Å². The number of nitrogens with zero attached hydrogens (tertiary/aromatic N) is 2. The summed E-state index contributed by atoms with van der Waals surface area (Å²) in [4.78, 5) is 24.4. The van der Waals surface area contributed by atoms with Crippen molar-refractivity contribution in [2.24, 2.45) is 0 Å². The van der Waals surface area contributed by atoms with E-state index in [1.165, 1.54) is 7.11 Å². The molecule has 1 aliphatic heterocycles. The van der Waals surface area contributed by atoms with Crippen molar-refractivity contribution in [3.63, 3.8) is 0 Å². The van der Waals surface area contributed by atoms with Gasteiger partial charge in [-0.25, -0.2) is 0 Å². The summed E-state index contributed by atoms with van der Waals surface area (Å²) >= 11 is 6.08. The fraction of sp³-hybridized carbons (Fsp3) is 0.200. The number of nitriles is 1. The maximum atomic E-state index is 12.2. The number of hydrogen-bond donors (Lipinski definition) is 1. The van der Waals surface area contributed by atoms with Gasteiger partial charge in [0.05, 0.1) is 12.0 Å². The van der Waals surface area contributed by atoms with Gasteiger partial charge in [-0.1, -0.05) is 30.0 Å². The molecule has 1 aromatic carbocycles. The third-order valence-electron chi connectivity index (χ3n) is 2.94. The third kappa shape index (κ3) is 4.04. The van der Waals surface area contributed by atoms with Gasteiger partial charge in [-0.05, 0) is 23.8 Å². The fourth-order valence-electron chi connectivity index (χ4n) is 1.93. The number of carbonyl (C=O) groups excluding carboxylic acids is 1. The molecule has 0 bridgehead atoms. The van der Waals surface area contributed by atoms with Gasteiger partial charge in [0.2, 0.25) is 0 Å². The van der Waals surface area contributed by atoms with Crippen LogP contribution in [0.3, 0.4) is 0 Å². The summed E-state index contributed by atoms with van der Waals surface area (Å²) in [6, 6.07) is 6.83. The minimum atomic E-state index is -1.13. The van der Waals surface area contributed by atoms with Crippen molar-refractivity contribution in [3.8, 4) is 17.6 Å². The molecule has 1 fully saturated rings. The second-order valence-corrected chi connectivity index (χ2v) is 6.19. The second kappa shape index (κ2) is 7.81. The average molecular weight is 364 g/mol. The summed E-state index contributed by atoms with van der Waals surface area (Å²) in [6.07, 6.45) is 1.59. The van der Waals surface area contributed by atoms with Gasteiger partial charge in [0.25, 0.3) is 5.91 Å². The van der Waals surface area contributed by atoms with Crippen molar-refractivity contribution < 1.29 is 24.2 Å². The van der Waals surface area contributed by atoms with E-state index in [0.717, 1.165) is 16.7 Å². The lowest BCUT2D eigenvalue weighted by Crippen LogP contribution is -2.33. The van der Waals surface area contributed by atoms with E-state index in [-0.39, 0.29) is 10.9 Å². The zero-order valence-electron chi connectivity index (χ0n) is 12.5. The van der Waals surface area contributed by atoms with Crippen molar-refractivity contribution in [3.05, 3.63) is 28.7 Å². The van der Waals surface area contributed by atoms with Gasteiger partial charge in [0.1, 0.15) is 16.9 Å². The Morgan fingerprint density at radius 2 is 2.25 bits per heavy atom. The monoisotopic (exact) mass is 364 g/mol. The molecular weight excluding hydrogens is 352 g/mol. The van der Waals surface area contributed by atoms with Crippen LogP contribution >= 0.6 is 24.0 Å². The van der Waals surface area contributed by atoms with Crippen LogP contribution in [0, 0.1) is 11.3 Å². The van der Waals surface area contributed by atoms with Crippen LogP contribution in [0.1, 0.15) is 5.56 Å². The topological polar surface area (TPSA) is 99.9 Å². The number of carbonyl (C=O) groups is 2. The zero-order valence-corrected chi connectivity index (χ0v) is 14.1. The van der Waals surface area contributed by atoms with Crippen LogP contribution in [0.25, 0.3) is 6.08 Å². The summed E-state index contributed by atoms with van der Waals surface area (Å²) in [5, 5.41) is 17.4. The maximum Gasteiger partial charge on any atom is 0.323 e. The summed E-state index contributed by atoms with van der Waals surface area (Å²) in [6.45, 7) is -0.574. The molecular formula is C15H12N2O5S2. The van der Waals surface area contributed by atoms with Crippen LogP contribution in [-0.4, -0.2) is 46.5 Å². The number of benzene rings is 1. The Kier molecular flexibility index (Phi) is 5.78. The molecule has 9 heteroatoms. The number of rotatable bonds is 6. The van der Waals surface area contributed by atoms with Crippen LogP contribution in [0.2, 0.25) is 0 Å². The molecule has 0 unspecified atom stereocenters. The molecule has 1 aliphatic rings. The number of methoxy groups -OCH3 is 1. The molecule has 0 atom stereocenters. The van der Waals surface area contributed by atoms with Crippen molar-refractivity contribution in [1.29, 1.82) is 5.26 Å². The fourth-order valence-corrected chi connectivity index (χ4v) is 3.18. The molecule has 0 aliphatic carbocycles. The van der Waals surface area contributed by atoms with Crippen LogP contribution in [0.5, 0.6) is 11.5 Å². The predicted molar refractivity (Wildman–Crippen MR) is 91.6 cm³/mol. The average Bonchev–Trinajstić information content (AvgIpc) is 2.80. The first-order chi connectivity index (χ1) is 11.5. The van der Waals surface area contributed by atoms with E-state index >= 15 is 0 Å². The number of carboxylic acids is 1. The van der Waals surface area contributed by atoms with Gasteiger partial charge in [-0.15, -0.1) is 0 Å². The lowest BCUT2D eigenvalue weighted by atomic mass is 10.2. The zero-order chi connectivity index (χ0) is 17.7. The number of ether oxygens (including phenoxy) is 2. The number of thiocarbonyl (C=S) groups is 1. The SMILES string of the molecule is COc1cc(/C=C2/SC(=S)N(CC(=O)O)C2=O)ccc1OCC#N. The first kappa shape index (κ1) is 17.8.